The van der Waals surface area contributed by atoms with E-state index in [0.29, 0.717) is 28.7 Å². The van der Waals surface area contributed by atoms with E-state index in [0.717, 1.165) is 29.2 Å². The molecule has 3 rings (SSSR count). The average Bonchev–Trinajstić information content (AvgIpc) is 3.41. The summed E-state index contributed by atoms with van der Waals surface area (Å²) in [5.41, 5.74) is 1.67. The number of rotatable bonds is 9. The summed E-state index contributed by atoms with van der Waals surface area (Å²) in [4.78, 5) is 18.2. The number of benzene rings is 1. The third-order valence-corrected chi connectivity index (χ3v) is 5.49. The molecule has 0 atom stereocenters. The first-order valence-corrected chi connectivity index (χ1v) is 10.1. The maximum Gasteiger partial charge on any atom is 0.263 e. The molecule has 1 N–H and O–H groups in total. The highest BCUT2D eigenvalue weighted by molar-refractivity contribution is 7.16. The van der Waals surface area contributed by atoms with E-state index in [-0.39, 0.29) is 5.91 Å². The number of thiazole rings is 1. The number of nitrogens with one attached hydrogen (secondary N) is 1. The van der Waals surface area contributed by atoms with Gasteiger partial charge < -0.3 is 24.1 Å². The van der Waals surface area contributed by atoms with Crippen LogP contribution in [-0.2, 0) is 13.0 Å². The van der Waals surface area contributed by atoms with Gasteiger partial charge in [-0.2, -0.15) is 0 Å². The molecule has 7 nitrogen and oxygen atoms in total. The number of amides is 1. The summed E-state index contributed by atoms with van der Waals surface area (Å²) in [7, 11) is 4.69. The van der Waals surface area contributed by atoms with Gasteiger partial charge >= 0.3 is 0 Å². The Hall–Kier alpha value is -3.00. The van der Waals surface area contributed by atoms with Gasteiger partial charge in [-0.15, -0.1) is 0 Å². The van der Waals surface area contributed by atoms with Gasteiger partial charge in [0.2, 0.25) is 5.75 Å². The minimum atomic E-state index is -0.141. The van der Waals surface area contributed by atoms with E-state index in [1.165, 1.54) is 11.3 Å². The maximum atomic E-state index is 12.9. The van der Waals surface area contributed by atoms with Crippen molar-refractivity contribution in [2.45, 2.75) is 26.3 Å². The first kappa shape index (κ1) is 20.7. The second kappa shape index (κ2) is 9.47. The number of nitrogens with zero attached hydrogens (tertiary/aromatic N) is 2. The molecule has 0 radical (unpaired) electrons. The van der Waals surface area contributed by atoms with Gasteiger partial charge in [0.25, 0.3) is 5.91 Å². The monoisotopic (exact) mass is 415 g/mol. The Kier molecular flexibility index (Phi) is 6.77. The van der Waals surface area contributed by atoms with Crippen LogP contribution in [0.2, 0.25) is 0 Å². The lowest BCUT2D eigenvalue weighted by atomic mass is 10.1. The fourth-order valence-electron chi connectivity index (χ4n) is 3.00. The Morgan fingerprint density at radius 2 is 1.76 bits per heavy atom. The van der Waals surface area contributed by atoms with Gasteiger partial charge in [-0.1, -0.05) is 24.7 Å². The van der Waals surface area contributed by atoms with Crippen molar-refractivity contribution in [3.05, 3.63) is 52.8 Å². The number of carbonyl (C=O) groups is 1. The SMILES string of the molecule is CCCc1nc(-n2cccc2)sc1C(=O)NCc1cc(OC)c(OC)c(OC)c1. The van der Waals surface area contributed by atoms with E-state index in [1.807, 2.05) is 41.2 Å². The normalized spacial score (nSPS) is 10.6. The highest BCUT2D eigenvalue weighted by Gasteiger charge is 2.19. The topological polar surface area (TPSA) is 74.6 Å². The van der Waals surface area contributed by atoms with Crippen LogP contribution in [0.15, 0.2) is 36.7 Å². The quantitative estimate of drug-likeness (QED) is 0.575. The Morgan fingerprint density at radius 1 is 1.10 bits per heavy atom. The van der Waals surface area contributed by atoms with E-state index >= 15 is 0 Å². The molecule has 0 fully saturated rings. The van der Waals surface area contributed by atoms with Crippen molar-refractivity contribution in [1.82, 2.24) is 14.9 Å². The van der Waals surface area contributed by atoms with Gasteiger partial charge in [-0.05, 0) is 36.2 Å². The average molecular weight is 416 g/mol. The Balaban J connectivity index is 1.80. The molecule has 3 aromatic rings. The van der Waals surface area contributed by atoms with Crippen molar-refractivity contribution in [2.75, 3.05) is 21.3 Å². The molecule has 154 valence electrons. The van der Waals surface area contributed by atoms with Crippen molar-refractivity contribution in [1.29, 1.82) is 0 Å². The number of carbonyl (C=O) groups excluding carboxylic acids is 1. The van der Waals surface area contributed by atoms with Crippen molar-refractivity contribution >= 4 is 17.2 Å². The van der Waals surface area contributed by atoms with Crippen LogP contribution < -0.4 is 19.5 Å². The number of ether oxygens (including phenoxy) is 3. The molecule has 2 heterocycles. The van der Waals surface area contributed by atoms with Gasteiger partial charge in [0.05, 0.1) is 27.0 Å². The standard InChI is InChI=1S/C21H25N3O4S/c1-5-8-15-19(29-21(23-15)24-9-6-7-10-24)20(25)22-13-14-11-16(26-2)18(28-4)17(12-14)27-3/h6-7,9-12H,5,8,13H2,1-4H3,(H,22,25). The summed E-state index contributed by atoms with van der Waals surface area (Å²) in [6, 6.07) is 7.52. The summed E-state index contributed by atoms with van der Waals surface area (Å²) in [6.07, 6.45) is 5.52. The predicted molar refractivity (Wildman–Crippen MR) is 113 cm³/mol. The number of methoxy groups -OCH3 is 3. The minimum Gasteiger partial charge on any atom is -0.493 e. The zero-order chi connectivity index (χ0) is 20.8. The molecule has 0 aliphatic rings. The number of aryl methyl sites for hydroxylation is 1. The second-order valence-corrected chi connectivity index (χ2v) is 7.31. The van der Waals surface area contributed by atoms with Crippen molar-refractivity contribution in [3.8, 4) is 22.4 Å². The largest absolute Gasteiger partial charge is 0.493 e. The fraction of sp³-hybridized carbons (Fsp3) is 0.333. The lowest BCUT2D eigenvalue weighted by Crippen LogP contribution is -2.23. The Labute approximate surface area is 174 Å². The third kappa shape index (κ3) is 4.54. The summed E-state index contributed by atoms with van der Waals surface area (Å²) in [5, 5.41) is 3.77. The summed E-state index contributed by atoms with van der Waals surface area (Å²) < 4.78 is 18.0. The highest BCUT2D eigenvalue weighted by atomic mass is 32.1. The van der Waals surface area contributed by atoms with Gasteiger partial charge in [-0.25, -0.2) is 4.98 Å². The number of hydrogen-bond donors (Lipinski definition) is 1. The van der Waals surface area contributed by atoms with E-state index in [2.05, 4.69) is 17.2 Å². The lowest BCUT2D eigenvalue weighted by molar-refractivity contribution is 0.0953. The fourth-order valence-corrected chi connectivity index (χ4v) is 3.99. The molecule has 1 amide bonds. The zero-order valence-electron chi connectivity index (χ0n) is 17.0. The molecule has 0 spiro atoms. The van der Waals surface area contributed by atoms with Crippen LogP contribution in [-0.4, -0.2) is 36.8 Å². The lowest BCUT2D eigenvalue weighted by Gasteiger charge is -2.14. The molecule has 0 aliphatic carbocycles. The Morgan fingerprint density at radius 3 is 2.31 bits per heavy atom. The summed E-state index contributed by atoms with van der Waals surface area (Å²) in [6.45, 7) is 2.41. The van der Waals surface area contributed by atoms with Crippen LogP contribution in [0, 0.1) is 0 Å². The summed E-state index contributed by atoms with van der Waals surface area (Å²) in [5.74, 6) is 1.48. The van der Waals surface area contributed by atoms with Crippen molar-refractivity contribution in [2.24, 2.45) is 0 Å². The number of hydrogen-bond acceptors (Lipinski definition) is 6. The van der Waals surface area contributed by atoms with E-state index in [9.17, 15) is 4.79 Å². The predicted octanol–water partition coefficient (Wildman–Crippen LogP) is 3.84. The molecule has 29 heavy (non-hydrogen) atoms. The summed E-state index contributed by atoms with van der Waals surface area (Å²) >= 11 is 1.39. The zero-order valence-corrected chi connectivity index (χ0v) is 17.8. The van der Waals surface area contributed by atoms with Crippen LogP contribution in [0.3, 0.4) is 0 Å². The molecular formula is C21H25N3O4S. The molecule has 0 bridgehead atoms. The smallest absolute Gasteiger partial charge is 0.263 e. The molecule has 0 aliphatic heterocycles. The van der Waals surface area contributed by atoms with Crippen LogP contribution in [0.25, 0.3) is 5.13 Å². The molecule has 8 heteroatoms. The first-order valence-electron chi connectivity index (χ1n) is 9.31. The molecule has 0 saturated heterocycles. The van der Waals surface area contributed by atoms with Crippen LogP contribution in [0.1, 0.15) is 34.3 Å². The molecule has 0 saturated carbocycles. The van der Waals surface area contributed by atoms with E-state index < -0.39 is 0 Å². The van der Waals surface area contributed by atoms with Gasteiger partial charge in [0.15, 0.2) is 16.6 Å². The third-order valence-electron chi connectivity index (χ3n) is 4.38. The highest BCUT2D eigenvalue weighted by Crippen LogP contribution is 2.38. The van der Waals surface area contributed by atoms with Crippen LogP contribution >= 0.6 is 11.3 Å². The van der Waals surface area contributed by atoms with Gasteiger partial charge in [-0.3, -0.25) is 4.79 Å². The van der Waals surface area contributed by atoms with E-state index in [1.54, 1.807) is 21.3 Å². The molecular weight excluding hydrogens is 390 g/mol. The van der Waals surface area contributed by atoms with Crippen molar-refractivity contribution < 1.29 is 19.0 Å². The second-order valence-electron chi connectivity index (χ2n) is 6.33. The first-order chi connectivity index (χ1) is 14.1. The van der Waals surface area contributed by atoms with Crippen molar-refractivity contribution in [3.63, 3.8) is 0 Å². The van der Waals surface area contributed by atoms with Gasteiger partial charge in [0, 0.05) is 18.9 Å². The van der Waals surface area contributed by atoms with Crippen LogP contribution in [0.5, 0.6) is 17.2 Å². The van der Waals surface area contributed by atoms with Gasteiger partial charge in [0.1, 0.15) is 4.88 Å². The number of aromatic nitrogens is 2. The molecule has 2 aromatic heterocycles. The Bertz CT molecular complexity index is 941. The van der Waals surface area contributed by atoms with E-state index in [4.69, 9.17) is 14.2 Å². The maximum absolute atomic E-state index is 12.9. The van der Waals surface area contributed by atoms with Crippen LogP contribution in [0.4, 0.5) is 0 Å². The minimum absolute atomic E-state index is 0.141. The molecule has 1 aromatic carbocycles. The molecule has 0 unspecified atom stereocenters.